The van der Waals surface area contributed by atoms with Crippen molar-refractivity contribution in [3.8, 4) is 5.69 Å². The van der Waals surface area contributed by atoms with Crippen LogP contribution in [0.15, 0.2) is 43.0 Å². The Morgan fingerprint density at radius 1 is 1.42 bits per heavy atom. The highest BCUT2D eigenvalue weighted by Crippen LogP contribution is 2.20. The lowest BCUT2D eigenvalue weighted by molar-refractivity contribution is -0.125. The van der Waals surface area contributed by atoms with Crippen LogP contribution in [0.25, 0.3) is 5.69 Å². The number of amides is 1. The molecular weight excluding hydrogens is 304 g/mol. The number of ether oxygens (including phenoxy) is 1. The maximum atomic E-state index is 12.4. The number of nitrogens with two attached hydrogens (primary N) is 1. The summed E-state index contributed by atoms with van der Waals surface area (Å²) in [5, 5.41) is 3.04. The summed E-state index contributed by atoms with van der Waals surface area (Å²) in [5.74, 6) is 0.102. The molecule has 2 atom stereocenters. The number of nitrogens with one attached hydrogen (secondary N) is 1. The Morgan fingerprint density at radius 2 is 2.21 bits per heavy atom. The van der Waals surface area contributed by atoms with Crippen molar-refractivity contribution in [1.82, 2.24) is 14.9 Å². The van der Waals surface area contributed by atoms with Gasteiger partial charge in [0.25, 0.3) is 0 Å². The van der Waals surface area contributed by atoms with E-state index in [4.69, 9.17) is 10.5 Å². The van der Waals surface area contributed by atoms with E-state index in [0.717, 1.165) is 24.1 Å². The van der Waals surface area contributed by atoms with Gasteiger partial charge in [0.15, 0.2) is 0 Å². The zero-order valence-corrected chi connectivity index (χ0v) is 13.9. The fraction of sp³-hybridized carbons (Fsp3) is 0.444. The molecule has 3 N–H and O–H groups in total. The van der Waals surface area contributed by atoms with Crippen molar-refractivity contribution >= 4 is 5.91 Å². The third-order valence-electron chi connectivity index (χ3n) is 4.61. The molecular formula is C18H24N4O2. The number of imidazole rings is 1. The largest absolute Gasteiger partial charge is 0.381 e. The lowest BCUT2D eigenvalue weighted by atomic mass is 9.91. The lowest BCUT2D eigenvalue weighted by Crippen LogP contribution is -2.47. The van der Waals surface area contributed by atoms with Crippen molar-refractivity contribution in [3.05, 3.63) is 48.5 Å². The number of carbonyl (C=O) groups excluding carboxylic acids is 1. The van der Waals surface area contributed by atoms with Crippen LogP contribution in [0.3, 0.4) is 0 Å². The number of carbonyl (C=O) groups is 1. The molecule has 0 spiro atoms. The minimum absolute atomic E-state index is 0.0950. The average molecular weight is 328 g/mol. The monoisotopic (exact) mass is 328 g/mol. The molecule has 2 aromatic rings. The Hall–Kier alpha value is -2.18. The van der Waals surface area contributed by atoms with Crippen LogP contribution in [-0.4, -0.2) is 34.7 Å². The zero-order chi connectivity index (χ0) is 16.9. The number of hydrogen-bond acceptors (Lipinski definition) is 4. The molecule has 0 aliphatic carbocycles. The van der Waals surface area contributed by atoms with Gasteiger partial charge in [0.1, 0.15) is 0 Å². The van der Waals surface area contributed by atoms with Crippen molar-refractivity contribution < 1.29 is 9.53 Å². The molecule has 1 aromatic carbocycles. The lowest BCUT2D eigenvalue weighted by Gasteiger charge is -2.28. The second-order valence-electron chi connectivity index (χ2n) is 6.27. The van der Waals surface area contributed by atoms with Crippen LogP contribution < -0.4 is 11.1 Å². The first kappa shape index (κ1) is 16.7. The minimum atomic E-state index is -0.479. The first-order chi connectivity index (χ1) is 11.6. The van der Waals surface area contributed by atoms with Gasteiger partial charge in [0.2, 0.25) is 5.91 Å². The van der Waals surface area contributed by atoms with Crippen LogP contribution in [0.5, 0.6) is 0 Å². The van der Waals surface area contributed by atoms with Gasteiger partial charge in [-0.1, -0.05) is 12.1 Å². The molecule has 128 valence electrons. The summed E-state index contributed by atoms with van der Waals surface area (Å²) in [7, 11) is 0. The van der Waals surface area contributed by atoms with Gasteiger partial charge in [0, 0.05) is 31.3 Å². The first-order valence-corrected chi connectivity index (χ1v) is 8.37. The van der Waals surface area contributed by atoms with Crippen molar-refractivity contribution in [2.75, 3.05) is 13.2 Å². The molecule has 6 heteroatoms. The Labute approximate surface area is 142 Å². The Morgan fingerprint density at radius 3 is 2.92 bits per heavy atom. The number of rotatable bonds is 5. The van der Waals surface area contributed by atoms with Crippen molar-refractivity contribution in [3.63, 3.8) is 0 Å². The molecule has 1 aliphatic heterocycles. The molecule has 2 heterocycles. The second kappa shape index (κ2) is 7.59. The summed E-state index contributed by atoms with van der Waals surface area (Å²) in [6.45, 7) is 3.35. The molecule has 3 rings (SSSR count). The summed E-state index contributed by atoms with van der Waals surface area (Å²) < 4.78 is 7.27. The van der Waals surface area contributed by atoms with E-state index >= 15 is 0 Å². The molecule has 2 unspecified atom stereocenters. The van der Waals surface area contributed by atoms with E-state index in [1.165, 1.54) is 0 Å². The van der Waals surface area contributed by atoms with Gasteiger partial charge in [-0.25, -0.2) is 4.98 Å². The number of benzene rings is 1. The molecule has 1 amide bonds. The van der Waals surface area contributed by atoms with Crippen LogP contribution in [0.1, 0.15) is 31.4 Å². The molecule has 1 saturated heterocycles. The van der Waals surface area contributed by atoms with Crippen LogP contribution in [0.2, 0.25) is 0 Å². The summed E-state index contributed by atoms with van der Waals surface area (Å²) in [4.78, 5) is 16.5. The van der Waals surface area contributed by atoms with Crippen LogP contribution >= 0.6 is 0 Å². The predicted octanol–water partition coefficient (Wildman–Crippen LogP) is 1.80. The highest BCUT2D eigenvalue weighted by atomic mass is 16.5. The topological polar surface area (TPSA) is 82.2 Å². The first-order valence-electron chi connectivity index (χ1n) is 8.37. The van der Waals surface area contributed by atoms with Gasteiger partial charge in [-0.05, 0) is 43.4 Å². The molecule has 0 radical (unpaired) electrons. The summed E-state index contributed by atoms with van der Waals surface area (Å²) >= 11 is 0. The van der Waals surface area contributed by atoms with Gasteiger partial charge in [-0.15, -0.1) is 0 Å². The fourth-order valence-corrected chi connectivity index (χ4v) is 3.05. The standard InChI is InChI=1S/C18H24N4O2/c1-13(21-18(23)17(19)14-5-9-24-10-6-14)15-3-2-4-16(11-15)22-8-7-20-12-22/h2-4,7-8,11-14,17H,5-6,9-10,19H2,1H3,(H,21,23). The van der Waals surface area contributed by atoms with Crippen LogP contribution in [0.4, 0.5) is 0 Å². The normalized spacial score (nSPS) is 18.1. The molecule has 24 heavy (non-hydrogen) atoms. The van der Waals surface area contributed by atoms with Gasteiger partial charge in [-0.2, -0.15) is 0 Å². The molecule has 0 bridgehead atoms. The van der Waals surface area contributed by atoms with Crippen molar-refractivity contribution in [2.24, 2.45) is 11.7 Å². The van der Waals surface area contributed by atoms with E-state index in [1.807, 2.05) is 42.0 Å². The highest BCUT2D eigenvalue weighted by molar-refractivity contribution is 5.82. The second-order valence-corrected chi connectivity index (χ2v) is 6.27. The Balaban J connectivity index is 1.65. The summed E-state index contributed by atoms with van der Waals surface area (Å²) in [6.07, 6.45) is 7.08. The van der Waals surface area contributed by atoms with Gasteiger partial charge < -0.3 is 20.4 Å². The fourth-order valence-electron chi connectivity index (χ4n) is 3.05. The summed E-state index contributed by atoms with van der Waals surface area (Å²) in [6, 6.07) is 7.46. The minimum Gasteiger partial charge on any atom is -0.381 e. The number of aromatic nitrogens is 2. The van der Waals surface area contributed by atoms with E-state index in [1.54, 1.807) is 12.5 Å². The Kier molecular flexibility index (Phi) is 5.27. The van der Waals surface area contributed by atoms with Gasteiger partial charge in [0.05, 0.1) is 18.4 Å². The quantitative estimate of drug-likeness (QED) is 0.877. The number of nitrogens with zero attached hydrogens (tertiary/aromatic N) is 2. The molecule has 0 saturated carbocycles. The SMILES string of the molecule is CC(NC(=O)C(N)C1CCOCC1)c1cccc(-n2ccnc2)c1. The van der Waals surface area contributed by atoms with Crippen LogP contribution in [-0.2, 0) is 9.53 Å². The van der Waals surface area contributed by atoms with E-state index in [0.29, 0.717) is 13.2 Å². The maximum Gasteiger partial charge on any atom is 0.237 e. The van der Waals surface area contributed by atoms with E-state index < -0.39 is 6.04 Å². The average Bonchev–Trinajstić information content (AvgIpc) is 3.16. The third kappa shape index (κ3) is 3.83. The summed E-state index contributed by atoms with van der Waals surface area (Å²) in [5.41, 5.74) is 8.20. The van der Waals surface area contributed by atoms with Crippen molar-refractivity contribution in [1.29, 1.82) is 0 Å². The van der Waals surface area contributed by atoms with E-state index in [-0.39, 0.29) is 17.9 Å². The Bertz CT molecular complexity index is 665. The molecule has 6 nitrogen and oxygen atoms in total. The number of hydrogen-bond donors (Lipinski definition) is 2. The van der Waals surface area contributed by atoms with E-state index in [2.05, 4.69) is 10.3 Å². The van der Waals surface area contributed by atoms with Gasteiger partial charge >= 0.3 is 0 Å². The molecule has 1 fully saturated rings. The zero-order valence-electron chi connectivity index (χ0n) is 13.9. The third-order valence-corrected chi connectivity index (χ3v) is 4.61. The molecule has 1 aliphatic rings. The highest BCUT2D eigenvalue weighted by Gasteiger charge is 2.27. The smallest absolute Gasteiger partial charge is 0.237 e. The molecule has 1 aromatic heterocycles. The van der Waals surface area contributed by atoms with Crippen LogP contribution in [0, 0.1) is 5.92 Å². The van der Waals surface area contributed by atoms with Gasteiger partial charge in [-0.3, -0.25) is 4.79 Å². The predicted molar refractivity (Wildman–Crippen MR) is 91.6 cm³/mol. The maximum absolute atomic E-state index is 12.4. The van der Waals surface area contributed by atoms with E-state index in [9.17, 15) is 4.79 Å². The van der Waals surface area contributed by atoms with Crippen molar-refractivity contribution in [2.45, 2.75) is 31.8 Å².